The SMILES string of the molecule is Cc1noc(C)c1S(=O)(=O)N(CCC(=O)O)C1CC1. The van der Waals surface area contributed by atoms with E-state index in [0.717, 1.165) is 12.8 Å². The highest BCUT2D eigenvalue weighted by molar-refractivity contribution is 7.89. The van der Waals surface area contributed by atoms with E-state index in [1.807, 2.05) is 0 Å². The molecule has 1 saturated carbocycles. The number of carbonyl (C=O) groups is 1. The Kier molecular flexibility index (Phi) is 3.64. The van der Waals surface area contributed by atoms with Crippen LogP contribution in [0.2, 0.25) is 0 Å². The van der Waals surface area contributed by atoms with E-state index in [0.29, 0.717) is 5.69 Å². The number of hydrogen-bond donors (Lipinski definition) is 1. The molecule has 0 radical (unpaired) electrons. The van der Waals surface area contributed by atoms with Gasteiger partial charge in [-0.15, -0.1) is 0 Å². The van der Waals surface area contributed by atoms with E-state index in [2.05, 4.69) is 5.16 Å². The fourth-order valence-corrected chi connectivity index (χ4v) is 4.01. The summed E-state index contributed by atoms with van der Waals surface area (Å²) in [7, 11) is -3.74. The van der Waals surface area contributed by atoms with E-state index in [9.17, 15) is 13.2 Å². The van der Waals surface area contributed by atoms with Crippen LogP contribution in [-0.4, -0.2) is 41.5 Å². The summed E-state index contributed by atoms with van der Waals surface area (Å²) in [5.74, 6) is -0.780. The first-order valence-electron chi connectivity index (χ1n) is 6.00. The van der Waals surface area contributed by atoms with Crippen LogP contribution in [0.3, 0.4) is 0 Å². The monoisotopic (exact) mass is 288 g/mol. The molecule has 106 valence electrons. The van der Waals surface area contributed by atoms with Crippen LogP contribution in [0.5, 0.6) is 0 Å². The van der Waals surface area contributed by atoms with E-state index in [1.165, 1.54) is 11.2 Å². The minimum absolute atomic E-state index is 0.0214. The molecule has 0 spiro atoms. The molecule has 1 N–H and O–H groups in total. The van der Waals surface area contributed by atoms with Crippen molar-refractivity contribution >= 4 is 16.0 Å². The maximum atomic E-state index is 12.6. The molecule has 1 fully saturated rings. The molecule has 2 rings (SSSR count). The highest BCUT2D eigenvalue weighted by atomic mass is 32.2. The normalized spacial score (nSPS) is 15.9. The molecule has 1 aromatic heterocycles. The number of rotatable bonds is 6. The molecule has 0 unspecified atom stereocenters. The summed E-state index contributed by atoms with van der Waals surface area (Å²) < 4.78 is 31.3. The highest BCUT2D eigenvalue weighted by Crippen LogP contribution is 2.34. The third-order valence-corrected chi connectivity index (χ3v) is 5.23. The lowest BCUT2D eigenvalue weighted by Gasteiger charge is -2.20. The molecule has 0 atom stereocenters. The van der Waals surface area contributed by atoms with E-state index in [-0.39, 0.29) is 29.7 Å². The van der Waals surface area contributed by atoms with Crippen LogP contribution in [0, 0.1) is 13.8 Å². The Bertz CT molecular complexity index is 569. The lowest BCUT2D eigenvalue weighted by molar-refractivity contribution is -0.137. The van der Waals surface area contributed by atoms with Crippen LogP contribution in [0.4, 0.5) is 0 Å². The van der Waals surface area contributed by atoms with E-state index < -0.39 is 16.0 Å². The molecule has 0 saturated heterocycles. The molecule has 0 aromatic carbocycles. The Balaban J connectivity index is 2.32. The molecule has 7 nitrogen and oxygen atoms in total. The zero-order valence-corrected chi connectivity index (χ0v) is 11.6. The molecule has 1 aliphatic rings. The zero-order valence-electron chi connectivity index (χ0n) is 10.8. The lowest BCUT2D eigenvalue weighted by atomic mass is 10.4. The van der Waals surface area contributed by atoms with Crippen LogP contribution >= 0.6 is 0 Å². The van der Waals surface area contributed by atoms with Gasteiger partial charge in [-0.05, 0) is 26.7 Å². The quantitative estimate of drug-likeness (QED) is 0.835. The Labute approximate surface area is 111 Å². The smallest absolute Gasteiger partial charge is 0.304 e. The molecule has 0 aliphatic heterocycles. The lowest BCUT2D eigenvalue weighted by Crippen LogP contribution is -2.35. The Hall–Kier alpha value is -1.41. The van der Waals surface area contributed by atoms with Crippen LogP contribution in [0.15, 0.2) is 9.42 Å². The summed E-state index contributed by atoms with van der Waals surface area (Å²) in [6.07, 6.45) is 1.32. The van der Waals surface area contributed by atoms with Gasteiger partial charge in [-0.2, -0.15) is 4.31 Å². The van der Waals surface area contributed by atoms with Gasteiger partial charge in [-0.3, -0.25) is 4.79 Å². The Morgan fingerprint density at radius 2 is 2.11 bits per heavy atom. The van der Waals surface area contributed by atoms with Gasteiger partial charge in [0, 0.05) is 12.6 Å². The predicted octanol–water partition coefficient (Wildman–Crippen LogP) is 0.919. The summed E-state index contributed by atoms with van der Waals surface area (Å²) in [6.45, 7) is 3.08. The van der Waals surface area contributed by atoms with Crippen LogP contribution < -0.4 is 0 Å². The Morgan fingerprint density at radius 1 is 1.47 bits per heavy atom. The van der Waals surface area contributed by atoms with E-state index in [1.54, 1.807) is 6.92 Å². The fourth-order valence-electron chi connectivity index (χ4n) is 2.03. The van der Waals surface area contributed by atoms with Crippen molar-refractivity contribution in [2.45, 2.75) is 44.0 Å². The predicted molar refractivity (Wildman–Crippen MR) is 65.1 cm³/mol. The summed E-state index contributed by atoms with van der Waals surface area (Å²) in [4.78, 5) is 10.7. The molecule has 1 heterocycles. The van der Waals surface area contributed by atoms with Crippen molar-refractivity contribution in [1.82, 2.24) is 9.46 Å². The molecule has 1 aliphatic carbocycles. The van der Waals surface area contributed by atoms with Gasteiger partial charge >= 0.3 is 5.97 Å². The first-order valence-corrected chi connectivity index (χ1v) is 7.44. The molecule has 0 amide bonds. The summed E-state index contributed by atoms with van der Waals surface area (Å²) in [5.41, 5.74) is 0.304. The van der Waals surface area contributed by atoms with Crippen molar-refractivity contribution in [3.63, 3.8) is 0 Å². The minimum atomic E-state index is -3.74. The van der Waals surface area contributed by atoms with Crippen molar-refractivity contribution < 1.29 is 22.8 Å². The van der Waals surface area contributed by atoms with Crippen molar-refractivity contribution in [3.05, 3.63) is 11.5 Å². The number of aliphatic carboxylic acids is 1. The van der Waals surface area contributed by atoms with Crippen molar-refractivity contribution in [2.24, 2.45) is 0 Å². The molecule has 19 heavy (non-hydrogen) atoms. The van der Waals surface area contributed by atoms with Gasteiger partial charge in [-0.1, -0.05) is 5.16 Å². The van der Waals surface area contributed by atoms with Crippen LogP contribution in [-0.2, 0) is 14.8 Å². The Morgan fingerprint density at radius 3 is 2.53 bits per heavy atom. The third-order valence-electron chi connectivity index (χ3n) is 3.03. The van der Waals surface area contributed by atoms with E-state index in [4.69, 9.17) is 9.63 Å². The average Bonchev–Trinajstić information content (AvgIpc) is 3.04. The highest BCUT2D eigenvalue weighted by Gasteiger charge is 2.40. The largest absolute Gasteiger partial charge is 0.481 e. The molecular weight excluding hydrogens is 272 g/mol. The van der Waals surface area contributed by atoms with Crippen molar-refractivity contribution in [2.75, 3.05) is 6.54 Å². The van der Waals surface area contributed by atoms with Gasteiger partial charge in [0.25, 0.3) is 0 Å². The van der Waals surface area contributed by atoms with Gasteiger partial charge in [0.1, 0.15) is 10.6 Å². The van der Waals surface area contributed by atoms with Crippen molar-refractivity contribution in [3.8, 4) is 0 Å². The first kappa shape index (κ1) is 14.0. The summed E-state index contributed by atoms with van der Waals surface area (Å²) in [6, 6.07) is -0.0990. The average molecular weight is 288 g/mol. The molecule has 0 bridgehead atoms. The molecular formula is C11H16N2O5S. The molecule has 8 heteroatoms. The second-order valence-electron chi connectivity index (χ2n) is 4.64. The number of aryl methyl sites for hydroxylation is 2. The topological polar surface area (TPSA) is 101 Å². The second kappa shape index (κ2) is 4.93. The number of aromatic nitrogens is 1. The fraction of sp³-hybridized carbons (Fsp3) is 0.636. The number of hydrogen-bond acceptors (Lipinski definition) is 5. The summed E-state index contributed by atoms with van der Waals surface area (Å²) >= 11 is 0. The van der Waals surface area contributed by atoms with Crippen molar-refractivity contribution in [1.29, 1.82) is 0 Å². The number of nitrogens with zero attached hydrogens (tertiary/aromatic N) is 2. The maximum Gasteiger partial charge on any atom is 0.304 e. The third kappa shape index (κ3) is 2.79. The number of carboxylic acid groups (broad SMARTS) is 1. The minimum Gasteiger partial charge on any atom is -0.481 e. The summed E-state index contributed by atoms with van der Waals surface area (Å²) in [5, 5.41) is 12.4. The van der Waals surface area contributed by atoms with Gasteiger partial charge in [0.05, 0.1) is 6.42 Å². The standard InChI is InChI=1S/C11H16N2O5S/c1-7-11(8(2)18-12-7)19(16,17)13(9-3-4-9)6-5-10(14)15/h9H,3-6H2,1-2H3,(H,14,15). The second-order valence-corrected chi connectivity index (χ2v) is 6.47. The number of carboxylic acids is 1. The van der Waals surface area contributed by atoms with Gasteiger partial charge in [-0.25, -0.2) is 8.42 Å². The van der Waals surface area contributed by atoms with Gasteiger partial charge in [0.15, 0.2) is 5.76 Å². The number of sulfonamides is 1. The van der Waals surface area contributed by atoms with Gasteiger partial charge < -0.3 is 9.63 Å². The van der Waals surface area contributed by atoms with Crippen LogP contribution in [0.1, 0.15) is 30.7 Å². The first-order chi connectivity index (χ1) is 8.84. The molecule has 1 aromatic rings. The van der Waals surface area contributed by atoms with E-state index >= 15 is 0 Å². The van der Waals surface area contributed by atoms with Crippen LogP contribution in [0.25, 0.3) is 0 Å². The maximum absolute atomic E-state index is 12.6. The zero-order chi connectivity index (χ0) is 14.2. The van der Waals surface area contributed by atoms with Gasteiger partial charge in [0.2, 0.25) is 10.0 Å².